The Kier molecular flexibility index (Phi) is 4.98. The molecule has 3 nitrogen and oxygen atoms in total. The van der Waals surface area contributed by atoms with Crippen LogP contribution >= 0.6 is 7.12 Å². The number of rotatable bonds is 5. The van der Waals surface area contributed by atoms with Crippen molar-refractivity contribution in [2.24, 2.45) is 0 Å². The molecule has 24 heavy (non-hydrogen) atoms. The van der Waals surface area contributed by atoms with Crippen LogP contribution in [0, 0.1) is 0 Å². The maximum Gasteiger partial charge on any atom is 0.203 e. The molecule has 0 N–H and O–H groups in total. The van der Waals surface area contributed by atoms with Crippen molar-refractivity contribution in [1.82, 2.24) is 0 Å². The van der Waals surface area contributed by atoms with Crippen molar-refractivity contribution in [3.63, 3.8) is 0 Å². The molecule has 0 radical (unpaired) electrons. The highest BCUT2D eigenvalue weighted by molar-refractivity contribution is 8.54. The number of hydrogen-bond acceptors (Lipinski definition) is 3. The third-order valence-corrected chi connectivity index (χ3v) is 9.80. The first kappa shape index (κ1) is 16.7. The van der Waals surface area contributed by atoms with Crippen LogP contribution in [0.15, 0.2) is 89.8 Å². The van der Waals surface area contributed by atoms with Crippen molar-refractivity contribution in [2.75, 3.05) is 7.11 Å². The number of ether oxygens (including phenoxy) is 1. The van der Waals surface area contributed by atoms with Crippen LogP contribution < -0.4 is 15.3 Å². The first-order chi connectivity index (χ1) is 11.6. The molecule has 5 heteroatoms. The molecular formula is C19H17O3PS. The van der Waals surface area contributed by atoms with Gasteiger partial charge in [-0.1, -0.05) is 60.7 Å². The zero-order valence-electron chi connectivity index (χ0n) is 13.2. The van der Waals surface area contributed by atoms with Gasteiger partial charge in [0, 0.05) is 0 Å². The zero-order valence-corrected chi connectivity index (χ0v) is 14.9. The fourth-order valence-electron chi connectivity index (χ4n) is 2.41. The van der Waals surface area contributed by atoms with E-state index >= 15 is 0 Å². The monoisotopic (exact) mass is 356 g/mol. The van der Waals surface area contributed by atoms with Crippen LogP contribution in [0.3, 0.4) is 0 Å². The molecule has 0 unspecified atom stereocenters. The standard InChI is InChI=1S/C19H17O3PS/c1-22-16-12-14-19(15-13-16)24(20,21)23(17-8-4-2-5-9-17)18-10-6-3-7-11-18/h2-15H,1H3. The summed E-state index contributed by atoms with van der Waals surface area (Å²) in [6.45, 7) is 0. The molecule has 3 rings (SSSR count). The average Bonchev–Trinajstić information content (AvgIpc) is 2.63. The van der Waals surface area contributed by atoms with Gasteiger partial charge in [0.25, 0.3) is 0 Å². The van der Waals surface area contributed by atoms with Gasteiger partial charge in [-0.15, -0.1) is 0 Å². The van der Waals surface area contributed by atoms with Crippen LogP contribution in [0.2, 0.25) is 0 Å². The molecule has 3 aromatic rings. The van der Waals surface area contributed by atoms with Crippen molar-refractivity contribution < 1.29 is 13.2 Å². The maximum atomic E-state index is 13.3. The van der Waals surface area contributed by atoms with Gasteiger partial charge in [0.1, 0.15) is 5.75 Å². The lowest BCUT2D eigenvalue weighted by Gasteiger charge is -2.19. The Labute approximate surface area is 143 Å². The smallest absolute Gasteiger partial charge is 0.203 e. The summed E-state index contributed by atoms with van der Waals surface area (Å²) in [7, 11) is -3.52. The summed E-state index contributed by atoms with van der Waals surface area (Å²) in [6.07, 6.45) is 0. The van der Waals surface area contributed by atoms with E-state index in [1.54, 1.807) is 31.4 Å². The summed E-state index contributed by atoms with van der Waals surface area (Å²) in [5.74, 6) is 0.637. The van der Waals surface area contributed by atoms with Crippen LogP contribution in [-0.2, 0) is 9.46 Å². The lowest BCUT2D eigenvalue weighted by atomic mass is 10.3. The molecule has 0 aromatic heterocycles. The zero-order chi connectivity index (χ0) is 17.0. The van der Waals surface area contributed by atoms with Gasteiger partial charge in [-0.2, -0.15) is 0 Å². The lowest BCUT2D eigenvalue weighted by Crippen LogP contribution is -2.18. The van der Waals surface area contributed by atoms with Crippen molar-refractivity contribution >= 4 is 27.2 Å². The summed E-state index contributed by atoms with van der Waals surface area (Å²) in [5, 5.41) is 1.63. The fourth-order valence-corrected chi connectivity index (χ4v) is 8.23. The summed E-state index contributed by atoms with van der Waals surface area (Å²) >= 11 is 0. The highest BCUT2D eigenvalue weighted by Gasteiger charge is 2.30. The van der Waals surface area contributed by atoms with Crippen LogP contribution in [-0.4, -0.2) is 15.5 Å². The van der Waals surface area contributed by atoms with Gasteiger partial charge in [-0.25, -0.2) is 8.42 Å². The third-order valence-electron chi connectivity index (χ3n) is 3.58. The van der Waals surface area contributed by atoms with E-state index in [9.17, 15) is 8.42 Å². The van der Waals surface area contributed by atoms with Crippen LogP contribution in [0.25, 0.3) is 0 Å². The molecule has 3 aromatic carbocycles. The topological polar surface area (TPSA) is 43.4 Å². The molecule has 0 saturated carbocycles. The molecule has 0 fully saturated rings. The summed E-state index contributed by atoms with van der Waals surface area (Å²) < 4.78 is 31.8. The molecule has 0 heterocycles. The first-order valence-electron chi connectivity index (χ1n) is 7.42. The van der Waals surface area contributed by atoms with Gasteiger partial charge in [0.05, 0.1) is 19.1 Å². The highest BCUT2D eigenvalue weighted by atomic mass is 32.8. The predicted molar refractivity (Wildman–Crippen MR) is 99.3 cm³/mol. The van der Waals surface area contributed by atoms with E-state index in [4.69, 9.17) is 4.74 Å². The van der Waals surface area contributed by atoms with Crippen molar-refractivity contribution in [1.29, 1.82) is 0 Å². The molecule has 0 aliphatic carbocycles. The first-order valence-corrected chi connectivity index (χ1v) is 10.9. The summed E-state index contributed by atoms with van der Waals surface area (Å²) in [4.78, 5) is 0.308. The normalized spacial score (nSPS) is 11.4. The second-order valence-corrected chi connectivity index (χ2v) is 10.7. The van der Waals surface area contributed by atoms with Crippen molar-refractivity contribution in [3.8, 4) is 5.75 Å². The minimum Gasteiger partial charge on any atom is -0.497 e. The summed E-state index contributed by atoms with van der Waals surface area (Å²) in [6, 6.07) is 25.3. The maximum absolute atomic E-state index is 13.3. The highest BCUT2D eigenvalue weighted by Crippen LogP contribution is 2.45. The van der Waals surface area contributed by atoms with Crippen molar-refractivity contribution in [2.45, 2.75) is 4.90 Å². The molecule has 122 valence electrons. The predicted octanol–water partition coefficient (Wildman–Crippen LogP) is 3.52. The molecule has 0 aliphatic rings. The summed E-state index contributed by atoms with van der Waals surface area (Å²) in [5.41, 5.74) is 0. The quantitative estimate of drug-likeness (QED) is 0.657. The minimum absolute atomic E-state index is 0.308. The van der Waals surface area contributed by atoms with E-state index in [1.807, 2.05) is 60.7 Å². The molecule has 0 saturated heterocycles. The Bertz CT molecular complexity index is 853. The van der Waals surface area contributed by atoms with E-state index in [0.717, 1.165) is 10.6 Å². The molecule has 0 bridgehead atoms. The molecular weight excluding hydrogens is 339 g/mol. The van der Waals surface area contributed by atoms with E-state index in [-0.39, 0.29) is 0 Å². The Hall–Kier alpha value is -2.16. The van der Waals surface area contributed by atoms with Gasteiger partial charge < -0.3 is 4.74 Å². The number of hydrogen-bond donors (Lipinski definition) is 0. The van der Waals surface area contributed by atoms with Crippen molar-refractivity contribution in [3.05, 3.63) is 84.9 Å². The fraction of sp³-hybridized carbons (Fsp3) is 0.0526. The van der Waals surface area contributed by atoms with Gasteiger partial charge in [0.2, 0.25) is 9.46 Å². The lowest BCUT2D eigenvalue weighted by molar-refractivity contribution is 0.414. The number of benzene rings is 3. The average molecular weight is 356 g/mol. The minimum atomic E-state index is -3.52. The number of methoxy groups -OCH3 is 1. The van der Waals surface area contributed by atoms with Crippen LogP contribution in [0.4, 0.5) is 0 Å². The van der Waals surface area contributed by atoms with Crippen LogP contribution in [0.5, 0.6) is 5.75 Å². The second kappa shape index (κ2) is 7.16. The Morgan fingerprint density at radius 3 is 1.58 bits per heavy atom. The van der Waals surface area contributed by atoms with Gasteiger partial charge in [0.15, 0.2) is 0 Å². The molecule has 0 aliphatic heterocycles. The third kappa shape index (κ3) is 3.35. The molecule has 0 atom stereocenters. The second-order valence-electron chi connectivity index (χ2n) is 5.12. The van der Waals surface area contributed by atoms with Gasteiger partial charge >= 0.3 is 0 Å². The van der Waals surface area contributed by atoms with E-state index in [1.165, 1.54) is 0 Å². The Balaban J connectivity index is 2.14. The largest absolute Gasteiger partial charge is 0.497 e. The Morgan fingerprint density at radius 1 is 0.708 bits per heavy atom. The SMILES string of the molecule is COc1ccc(S(=O)(=O)P(c2ccccc2)c2ccccc2)cc1. The van der Waals surface area contributed by atoms with E-state index < -0.39 is 16.6 Å². The van der Waals surface area contributed by atoms with E-state index in [2.05, 4.69) is 0 Å². The molecule has 0 amide bonds. The van der Waals surface area contributed by atoms with Crippen LogP contribution in [0.1, 0.15) is 0 Å². The van der Waals surface area contributed by atoms with E-state index in [0.29, 0.717) is 10.6 Å². The Morgan fingerprint density at radius 2 is 1.17 bits per heavy atom. The van der Waals surface area contributed by atoms with Gasteiger partial charge in [-0.05, 0) is 34.9 Å². The van der Waals surface area contributed by atoms with Gasteiger partial charge in [-0.3, -0.25) is 0 Å². The molecule has 0 spiro atoms.